The molecular formula is C14H26O. The van der Waals surface area contributed by atoms with Crippen molar-refractivity contribution in [2.75, 3.05) is 0 Å². The van der Waals surface area contributed by atoms with E-state index in [0.29, 0.717) is 5.75 Å². The van der Waals surface area contributed by atoms with Gasteiger partial charge in [0.05, 0.1) is 0 Å². The fourth-order valence-corrected chi connectivity index (χ4v) is 0.928. The van der Waals surface area contributed by atoms with Crippen molar-refractivity contribution in [3.05, 3.63) is 30.3 Å². The quantitative estimate of drug-likeness (QED) is 0.696. The van der Waals surface area contributed by atoms with E-state index in [4.69, 9.17) is 5.11 Å². The Morgan fingerprint density at radius 3 is 1.47 bits per heavy atom. The first kappa shape index (κ1) is 16.4. The van der Waals surface area contributed by atoms with Gasteiger partial charge in [-0.3, -0.25) is 0 Å². The summed E-state index contributed by atoms with van der Waals surface area (Å²) in [6.45, 7) is 8.46. The van der Waals surface area contributed by atoms with E-state index in [1.807, 2.05) is 19.9 Å². The molecule has 0 saturated carbocycles. The van der Waals surface area contributed by atoms with E-state index in [-0.39, 0.29) is 0 Å². The van der Waals surface area contributed by atoms with Crippen LogP contribution in [0, 0.1) is 0 Å². The number of hydrogen-bond acceptors (Lipinski definition) is 1. The SMILES string of the molecule is CC.CCCCCC.Oc1ccccc1. The highest BCUT2D eigenvalue weighted by molar-refractivity contribution is 5.18. The van der Waals surface area contributed by atoms with Gasteiger partial charge in [0.15, 0.2) is 0 Å². The van der Waals surface area contributed by atoms with Crippen LogP contribution in [-0.4, -0.2) is 5.11 Å². The molecule has 15 heavy (non-hydrogen) atoms. The summed E-state index contributed by atoms with van der Waals surface area (Å²) in [6.07, 6.45) is 5.54. The highest BCUT2D eigenvalue weighted by atomic mass is 16.3. The Morgan fingerprint density at radius 2 is 1.27 bits per heavy atom. The minimum Gasteiger partial charge on any atom is -0.508 e. The fourth-order valence-electron chi connectivity index (χ4n) is 0.928. The fraction of sp³-hybridized carbons (Fsp3) is 0.571. The summed E-state index contributed by atoms with van der Waals surface area (Å²) in [5.74, 6) is 0.322. The van der Waals surface area contributed by atoms with Crippen LogP contribution in [0.15, 0.2) is 30.3 Å². The molecule has 1 N–H and O–H groups in total. The Bertz CT molecular complexity index is 178. The van der Waals surface area contributed by atoms with Gasteiger partial charge >= 0.3 is 0 Å². The van der Waals surface area contributed by atoms with E-state index in [0.717, 1.165) is 0 Å². The van der Waals surface area contributed by atoms with Gasteiger partial charge in [-0.15, -0.1) is 0 Å². The Hall–Kier alpha value is -0.980. The van der Waals surface area contributed by atoms with E-state index in [1.54, 1.807) is 24.3 Å². The van der Waals surface area contributed by atoms with Gasteiger partial charge in [-0.1, -0.05) is 71.6 Å². The third kappa shape index (κ3) is 15.7. The lowest BCUT2D eigenvalue weighted by Gasteiger charge is -1.86. The molecule has 0 atom stereocenters. The largest absolute Gasteiger partial charge is 0.508 e. The highest BCUT2D eigenvalue weighted by Crippen LogP contribution is 2.02. The Balaban J connectivity index is 0. The zero-order valence-electron chi connectivity index (χ0n) is 10.7. The second-order valence-electron chi connectivity index (χ2n) is 3.04. The lowest BCUT2D eigenvalue weighted by Crippen LogP contribution is -1.66. The van der Waals surface area contributed by atoms with E-state index in [9.17, 15) is 0 Å². The maximum atomic E-state index is 8.63. The maximum Gasteiger partial charge on any atom is 0.115 e. The molecule has 0 saturated heterocycles. The minimum absolute atomic E-state index is 0.322. The van der Waals surface area contributed by atoms with Crippen LogP contribution < -0.4 is 0 Å². The van der Waals surface area contributed by atoms with Crippen molar-refractivity contribution < 1.29 is 5.11 Å². The lowest BCUT2D eigenvalue weighted by molar-refractivity contribution is 0.475. The number of aromatic hydroxyl groups is 1. The van der Waals surface area contributed by atoms with Crippen molar-refractivity contribution in [1.82, 2.24) is 0 Å². The van der Waals surface area contributed by atoms with E-state index in [1.165, 1.54) is 25.7 Å². The topological polar surface area (TPSA) is 20.2 Å². The number of hydrogen-bond donors (Lipinski definition) is 1. The number of phenols is 1. The highest BCUT2D eigenvalue weighted by Gasteiger charge is 1.75. The molecule has 0 bridgehead atoms. The van der Waals surface area contributed by atoms with E-state index < -0.39 is 0 Å². The van der Waals surface area contributed by atoms with Gasteiger partial charge in [0.2, 0.25) is 0 Å². The van der Waals surface area contributed by atoms with Gasteiger partial charge in [0.1, 0.15) is 5.75 Å². The normalized spacial score (nSPS) is 8.00. The summed E-state index contributed by atoms with van der Waals surface area (Å²) in [6, 6.07) is 8.71. The number of phenolic OH excluding ortho intramolecular Hbond substituents is 1. The van der Waals surface area contributed by atoms with Gasteiger partial charge in [0, 0.05) is 0 Å². The van der Waals surface area contributed by atoms with Crippen molar-refractivity contribution in [2.45, 2.75) is 53.4 Å². The Labute approximate surface area is 95.2 Å². The zero-order chi connectivity index (χ0) is 11.9. The third-order valence-electron chi connectivity index (χ3n) is 1.71. The van der Waals surface area contributed by atoms with Crippen LogP contribution in [0.25, 0.3) is 0 Å². The summed E-state index contributed by atoms with van der Waals surface area (Å²) in [5.41, 5.74) is 0. The van der Waals surface area contributed by atoms with Crippen molar-refractivity contribution >= 4 is 0 Å². The van der Waals surface area contributed by atoms with Gasteiger partial charge in [-0.25, -0.2) is 0 Å². The van der Waals surface area contributed by atoms with Crippen LogP contribution in [0.2, 0.25) is 0 Å². The summed E-state index contributed by atoms with van der Waals surface area (Å²) >= 11 is 0. The minimum atomic E-state index is 0.322. The van der Waals surface area contributed by atoms with Gasteiger partial charge < -0.3 is 5.11 Å². The molecule has 0 radical (unpaired) electrons. The molecule has 1 heteroatoms. The van der Waals surface area contributed by atoms with Gasteiger partial charge in [0.25, 0.3) is 0 Å². The first-order valence-corrected chi connectivity index (χ1v) is 6.05. The molecule has 1 rings (SSSR count). The molecule has 1 aromatic carbocycles. The second kappa shape index (κ2) is 15.5. The maximum absolute atomic E-state index is 8.63. The average Bonchev–Trinajstić information content (AvgIpc) is 2.31. The molecule has 0 heterocycles. The summed E-state index contributed by atoms with van der Waals surface area (Å²) in [5, 5.41) is 8.63. The predicted octanol–water partition coefficient (Wildman–Crippen LogP) is 5.01. The molecule has 0 aliphatic rings. The van der Waals surface area contributed by atoms with Crippen LogP contribution in [-0.2, 0) is 0 Å². The van der Waals surface area contributed by atoms with Gasteiger partial charge in [-0.2, -0.15) is 0 Å². The Morgan fingerprint density at radius 1 is 0.867 bits per heavy atom. The first-order chi connectivity index (χ1) is 7.31. The van der Waals surface area contributed by atoms with Crippen molar-refractivity contribution in [3.8, 4) is 5.75 Å². The van der Waals surface area contributed by atoms with Crippen molar-refractivity contribution in [3.63, 3.8) is 0 Å². The first-order valence-electron chi connectivity index (χ1n) is 6.05. The summed E-state index contributed by atoms with van der Waals surface area (Å²) in [4.78, 5) is 0. The number of para-hydroxylation sites is 1. The molecule has 0 fully saturated rings. The van der Waals surface area contributed by atoms with E-state index >= 15 is 0 Å². The molecule has 88 valence electrons. The molecule has 1 aromatic rings. The van der Waals surface area contributed by atoms with Gasteiger partial charge in [-0.05, 0) is 12.1 Å². The van der Waals surface area contributed by atoms with Crippen LogP contribution in [0.4, 0.5) is 0 Å². The van der Waals surface area contributed by atoms with E-state index in [2.05, 4.69) is 13.8 Å². The molecule has 1 nitrogen and oxygen atoms in total. The molecule has 0 aliphatic heterocycles. The zero-order valence-corrected chi connectivity index (χ0v) is 10.7. The number of unbranched alkanes of at least 4 members (excludes halogenated alkanes) is 3. The molecular weight excluding hydrogens is 184 g/mol. The predicted molar refractivity (Wildman–Crippen MR) is 69.3 cm³/mol. The van der Waals surface area contributed by atoms with Crippen LogP contribution in [0.5, 0.6) is 5.75 Å². The lowest BCUT2D eigenvalue weighted by atomic mass is 10.2. The van der Waals surface area contributed by atoms with Crippen LogP contribution in [0.1, 0.15) is 53.4 Å². The van der Waals surface area contributed by atoms with Crippen molar-refractivity contribution in [2.24, 2.45) is 0 Å². The molecule has 0 spiro atoms. The molecule has 0 aromatic heterocycles. The second-order valence-corrected chi connectivity index (χ2v) is 3.04. The average molecular weight is 210 g/mol. The smallest absolute Gasteiger partial charge is 0.115 e. The third-order valence-corrected chi connectivity index (χ3v) is 1.71. The number of rotatable bonds is 3. The summed E-state index contributed by atoms with van der Waals surface area (Å²) in [7, 11) is 0. The van der Waals surface area contributed by atoms with Crippen molar-refractivity contribution in [1.29, 1.82) is 0 Å². The molecule has 0 aliphatic carbocycles. The van der Waals surface area contributed by atoms with Crippen LogP contribution >= 0.6 is 0 Å². The van der Waals surface area contributed by atoms with Crippen LogP contribution in [0.3, 0.4) is 0 Å². The monoisotopic (exact) mass is 210 g/mol. The Kier molecular flexibility index (Phi) is 17.0. The molecule has 0 unspecified atom stereocenters. The molecule has 0 amide bonds. The standard InChI is InChI=1S/C6H6O.C6H14.C2H6/c7-6-4-2-1-3-5-6;1-3-5-6-4-2;1-2/h1-5,7H;3-6H2,1-2H3;1-2H3. The number of benzene rings is 1. The summed E-state index contributed by atoms with van der Waals surface area (Å²) < 4.78 is 0.